The number of nitrogens with zero attached hydrogens (tertiary/aromatic N) is 12. The summed E-state index contributed by atoms with van der Waals surface area (Å²) in [5, 5.41) is 30.5. The fraction of sp³-hybridized carbons (Fsp3) is 0.633. The molecule has 4 aromatic heterocycles. The molecule has 0 aliphatic heterocycles. The van der Waals surface area contributed by atoms with Gasteiger partial charge in [-0.3, -0.25) is 20.4 Å². The highest BCUT2D eigenvalue weighted by Crippen LogP contribution is 2.49. The molecule has 4 aromatic carbocycles. The van der Waals surface area contributed by atoms with Gasteiger partial charge in [0.1, 0.15) is 23.3 Å². The fourth-order valence-corrected chi connectivity index (χ4v) is 20.8. The van der Waals surface area contributed by atoms with E-state index in [1.54, 1.807) is 0 Å². The molecule has 4 fully saturated rings. The number of hydrogen-bond acceptors (Lipinski definition) is 14. The van der Waals surface area contributed by atoms with Gasteiger partial charge in [0.2, 0.25) is 6.04 Å². The molecule has 17 atom stereocenters. The van der Waals surface area contributed by atoms with Gasteiger partial charge in [-0.1, -0.05) is 211 Å². The van der Waals surface area contributed by atoms with E-state index in [0.717, 1.165) is 107 Å². The number of H-pyrrole nitrogens is 4. The normalized spacial score (nSPS) is 26.4. The first kappa shape index (κ1) is 95.0. The van der Waals surface area contributed by atoms with Crippen LogP contribution in [-0.2, 0) is 29.3 Å². The molecule has 0 amide bonds. The molecule has 648 valence electrons. The molecule has 0 saturated heterocycles. The van der Waals surface area contributed by atoms with Crippen molar-refractivity contribution in [2.45, 2.75) is 262 Å². The molecule has 8 aromatic rings. The number of aromatic amines is 4. The maximum atomic E-state index is 7.85. The average molecular weight is 1640 g/mol. The first-order chi connectivity index (χ1) is 57.6. The summed E-state index contributed by atoms with van der Waals surface area (Å²) in [5.74, 6) is 16.8. The van der Waals surface area contributed by atoms with E-state index < -0.39 is 0 Å². The van der Waals surface area contributed by atoms with Crippen LogP contribution in [0.25, 0.3) is 64.9 Å². The zero-order valence-electron chi connectivity index (χ0n) is 75.8. The van der Waals surface area contributed by atoms with E-state index in [9.17, 15) is 0 Å². The number of rotatable bonds is 31. The van der Waals surface area contributed by atoms with Crippen LogP contribution >= 0.6 is 0 Å². The number of hydrogen-bond donors (Lipinski definition) is 4. The molecule has 4 heterocycles. The van der Waals surface area contributed by atoms with E-state index in [1.165, 1.54) is 94.9 Å². The molecule has 120 heavy (non-hydrogen) atoms. The van der Waals surface area contributed by atoms with Crippen LogP contribution in [0, 0.1) is 142 Å². The van der Waals surface area contributed by atoms with Gasteiger partial charge in [0.05, 0.1) is 45.0 Å². The third kappa shape index (κ3) is 26.1. The van der Waals surface area contributed by atoms with E-state index in [1.807, 2.05) is 31.2 Å². The Bertz CT molecular complexity index is 4320. The zero-order chi connectivity index (χ0) is 86.9. The minimum Gasteiger partial charge on any atom is -0.313 e. The lowest BCUT2D eigenvalue weighted by Gasteiger charge is -2.39. The van der Waals surface area contributed by atoms with Gasteiger partial charge in [-0.25, -0.2) is 75.5 Å². The van der Waals surface area contributed by atoms with E-state index in [4.69, 9.17) is 75.5 Å². The Morgan fingerprint density at radius 2 is 0.567 bits per heavy atom. The van der Waals surface area contributed by atoms with Crippen molar-refractivity contribution in [1.29, 1.82) is 0 Å². The van der Waals surface area contributed by atoms with Crippen LogP contribution in [0.4, 0.5) is 0 Å². The highest BCUT2D eigenvalue weighted by atomic mass is 17.2. The Hall–Kier alpha value is -8.84. The summed E-state index contributed by atoms with van der Waals surface area (Å²) < 4.78 is 0. The van der Waals surface area contributed by atoms with Gasteiger partial charge in [0.15, 0.2) is 43.1 Å². The number of aromatic nitrogens is 12. The van der Waals surface area contributed by atoms with Gasteiger partial charge in [0, 0.05) is 29.2 Å². The second-order valence-corrected chi connectivity index (χ2v) is 37.2. The molecule has 22 nitrogen and oxygen atoms in total. The Morgan fingerprint density at radius 3 is 0.783 bits per heavy atom. The highest BCUT2D eigenvalue weighted by Gasteiger charge is 2.44. The quantitative estimate of drug-likeness (QED) is 0.0180. The molecule has 0 spiro atoms. The molecule has 4 aliphatic carbocycles. The highest BCUT2D eigenvalue weighted by molar-refractivity contribution is 5.58. The largest absolute Gasteiger partial charge is 0.313 e. The second-order valence-electron chi connectivity index (χ2n) is 37.2. The standard InChI is InChI=1S/C27H40N4O2.2C24H34N4O2.C23H32N4/c1-8-18(3)21-9-11-22(12-10-21)26-29-27(31-30-26)24(25(28-6)16-33-32-7)15-23-19(4)13-17(2)14-20(23)5;2*1-15-7-9-19(10-8-15)23-26-24(28-27-23)21(22(25-5)14-30-29-6)13-20-17(3)11-16(2)12-18(20)4;1-14-7-9-19(10-8-14)22-25-23(27-26-22)21(18(5)24-6)13-20-16(3)11-15(2)12-17(20)4/h9-12,17-20,23-25H,8,13-16H2,1-5,7H3,(H,29,30,31);2*7-10,16-18,20-22H,11-14H2,1-4,6H3,(H,26,27,28);7-10,15-18,20-21H,11-13H2,1-5H3,(H,25,26,27). The fourth-order valence-electron chi connectivity index (χ4n) is 20.8. The van der Waals surface area contributed by atoms with Crippen LogP contribution < -0.4 is 0 Å². The van der Waals surface area contributed by atoms with Crippen molar-refractivity contribution in [3.8, 4) is 45.6 Å². The van der Waals surface area contributed by atoms with Crippen molar-refractivity contribution in [3.63, 3.8) is 0 Å². The Labute approximate surface area is 717 Å². The topological polar surface area (TPSA) is 239 Å². The summed E-state index contributed by atoms with van der Waals surface area (Å²) in [7, 11) is 4.44. The molecular weight excluding hydrogens is 1500 g/mol. The molecule has 4 N–H and O–H groups in total. The van der Waals surface area contributed by atoms with E-state index in [2.05, 4.69) is 251 Å². The number of benzene rings is 4. The maximum Gasteiger partial charge on any atom is 0.259 e. The first-order valence-corrected chi connectivity index (χ1v) is 44.5. The summed E-state index contributed by atoms with van der Waals surface area (Å²) in [5.41, 5.74) is 8.91. The third-order valence-corrected chi connectivity index (χ3v) is 27.6. The lowest BCUT2D eigenvalue weighted by Crippen LogP contribution is -2.33. The molecule has 4 aliphatic rings. The summed E-state index contributed by atoms with van der Waals surface area (Å²) in [6.45, 7) is 72.7. The number of aryl methyl sites for hydroxylation is 3. The lowest BCUT2D eigenvalue weighted by molar-refractivity contribution is -0.274. The monoisotopic (exact) mass is 1640 g/mol. The van der Waals surface area contributed by atoms with Crippen LogP contribution in [0.2, 0.25) is 0 Å². The predicted octanol–water partition coefficient (Wildman–Crippen LogP) is 23.4. The summed E-state index contributed by atoms with van der Waals surface area (Å²) in [6.07, 6.45) is 14.9. The van der Waals surface area contributed by atoms with Crippen molar-refractivity contribution in [3.05, 3.63) is 188 Å². The average Bonchev–Trinajstić information content (AvgIpc) is 1.69. The molecule has 12 rings (SSSR count). The minimum atomic E-state index is -0.378. The van der Waals surface area contributed by atoms with Crippen molar-refractivity contribution in [2.24, 2.45) is 94.7 Å². The molecular formula is C98H140N16O6. The van der Waals surface area contributed by atoms with Crippen molar-refractivity contribution >= 4 is 0 Å². The van der Waals surface area contributed by atoms with Crippen LogP contribution in [0.5, 0.6) is 0 Å². The SMILES string of the molecule is [C-]#[N+]C(C)C(CC1C(C)CC(C)CC1C)c1nc(-c2ccc(C)cc2)n[nH]1.[C-]#[N+]C(COOC)C(CC1C(C)CC(C)CC1C)c1nc(-c2ccc(C(C)CC)cc2)n[nH]1.[C-]#[N+]C(COOC)C(CC1C(C)CC(C)CC1C)c1nc(-c2ccc(C)cc2)n[nH]1.[C-]#[N+]C(COOC)C(CC1C(C)CC(C)CC1C)c1nc(-c2ccc(C)cc2)n[nH]1. The Kier molecular flexibility index (Phi) is 36.8. The van der Waals surface area contributed by atoms with E-state index in [-0.39, 0.29) is 67.7 Å². The first-order valence-electron chi connectivity index (χ1n) is 44.5. The van der Waals surface area contributed by atoms with Crippen molar-refractivity contribution in [1.82, 2.24) is 60.7 Å². The smallest absolute Gasteiger partial charge is 0.259 e. The molecule has 0 bridgehead atoms. The van der Waals surface area contributed by atoms with Crippen LogP contribution in [-0.4, -0.2) is 126 Å². The maximum absolute atomic E-state index is 7.85. The Balaban J connectivity index is 0.000000182. The molecule has 22 heteroatoms. The molecule has 17 unspecified atom stereocenters. The van der Waals surface area contributed by atoms with Gasteiger partial charge in [0.25, 0.3) is 18.1 Å². The lowest BCUT2D eigenvalue weighted by atomic mass is 9.66. The second kappa shape index (κ2) is 46.4. The van der Waals surface area contributed by atoms with Crippen LogP contribution in [0.1, 0.15) is 262 Å². The van der Waals surface area contributed by atoms with E-state index in [0.29, 0.717) is 94.4 Å². The van der Waals surface area contributed by atoms with Gasteiger partial charge in [-0.15, -0.1) is 0 Å². The zero-order valence-corrected chi connectivity index (χ0v) is 75.8. The van der Waals surface area contributed by atoms with Crippen molar-refractivity contribution < 1.29 is 29.3 Å². The third-order valence-electron chi connectivity index (χ3n) is 27.6. The summed E-state index contributed by atoms with van der Waals surface area (Å²) in [4.78, 5) is 64.8. The van der Waals surface area contributed by atoms with Gasteiger partial charge < -0.3 is 19.4 Å². The van der Waals surface area contributed by atoms with Gasteiger partial charge in [-0.2, -0.15) is 20.4 Å². The number of nitrogens with one attached hydrogen (secondary N) is 4. The summed E-state index contributed by atoms with van der Waals surface area (Å²) >= 11 is 0. The summed E-state index contributed by atoms with van der Waals surface area (Å²) in [6, 6.07) is 31.9. The predicted molar refractivity (Wildman–Crippen MR) is 477 cm³/mol. The van der Waals surface area contributed by atoms with Gasteiger partial charge in [-0.05, 0) is 210 Å². The molecule has 4 saturated carbocycles. The van der Waals surface area contributed by atoms with Gasteiger partial charge >= 0.3 is 0 Å². The van der Waals surface area contributed by atoms with E-state index >= 15 is 0 Å². The van der Waals surface area contributed by atoms with Crippen LogP contribution in [0.3, 0.4) is 0 Å². The van der Waals surface area contributed by atoms with Crippen LogP contribution in [0.15, 0.2) is 97.1 Å². The molecule has 0 radical (unpaired) electrons. The Morgan fingerprint density at radius 1 is 0.342 bits per heavy atom. The minimum absolute atomic E-state index is 0.0762. The van der Waals surface area contributed by atoms with Crippen molar-refractivity contribution in [2.75, 3.05) is 41.2 Å².